The number of methoxy groups -OCH3 is 1. The van der Waals surface area contributed by atoms with E-state index in [0.717, 1.165) is 27.7 Å². The number of rotatable bonds is 8. The maximum Gasteiger partial charge on any atom is 0.290 e. The molecule has 0 radical (unpaired) electrons. The fourth-order valence-electron chi connectivity index (χ4n) is 4.74. The smallest absolute Gasteiger partial charge is 0.290 e. The zero-order valence-corrected chi connectivity index (χ0v) is 21.9. The van der Waals surface area contributed by atoms with Crippen LogP contribution in [0.3, 0.4) is 0 Å². The van der Waals surface area contributed by atoms with E-state index in [-0.39, 0.29) is 29.9 Å². The van der Waals surface area contributed by atoms with Crippen LogP contribution in [0.5, 0.6) is 5.88 Å². The minimum atomic E-state index is -0.981. The van der Waals surface area contributed by atoms with Crippen LogP contribution >= 0.6 is 0 Å². The molecule has 6 rings (SSSR count). The lowest BCUT2D eigenvalue weighted by Gasteiger charge is -2.16. The first-order chi connectivity index (χ1) is 19.3. The van der Waals surface area contributed by atoms with Crippen LogP contribution in [0.4, 0.5) is 4.39 Å². The van der Waals surface area contributed by atoms with Crippen molar-refractivity contribution < 1.29 is 27.8 Å². The molecule has 40 heavy (non-hydrogen) atoms. The van der Waals surface area contributed by atoms with E-state index in [9.17, 15) is 14.0 Å². The Bertz CT molecular complexity index is 1750. The lowest BCUT2D eigenvalue weighted by atomic mass is 10.1. The maximum absolute atomic E-state index is 14.1. The third-order valence-corrected chi connectivity index (χ3v) is 7.03. The average molecular weight is 545 g/mol. The van der Waals surface area contributed by atoms with Crippen molar-refractivity contribution >= 4 is 22.7 Å². The number of benzene rings is 2. The van der Waals surface area contributed by atoms with Crippen molar-refractivity contribution in [3.8, 4) is 23.1 Å². The van der Waals surface area contributed by atoms with Crippen LogP contribution < -0.4 is 15.4 Å². The zero-order valence-electron chi connectivity index (χ0n) is 21.9. The van der Waals surface area contributed by atoms with Gasteiger partial charge in [-0.2, -0.15) is 4.98 Å². The Morgan fingerprint density at radius 3 is 2.50 bits per heavy atom. The second-order valence-corrected chi connectivity index (χ2v) is 9.73. The van der Waals surface area contributed by atoms with Gasteiger partial charge in [-0.1, -0.05) is 17.3 Å². The number of aryl methyl sites for hydroxylation is 2. The van der Waals surface area contributed by atoms with Crippen LogP contribution in [0.1, 0.15) is 40.4 Å². The van der Waals surface area contributed by atoms with Gasteiger partial charge in [0, 0.05) is 24.5 Å². The maximum atomic E-state index is 14.1. The van der Waals surface area contributed by atoms with E-state index in [1.807, 2.05) is 35.8 Å². The summed E-state index contributed by atoms with van der Waals surface area (Å²) in [6.45, 7) is 3.87. The first-order valence-corrected chi connectivity index (χ1v) is 12.6. The number of halogens is 1. The average Bonchev–Trinajstić information content (AvgIpc) is 3.25. The van der Waals surface area contributed by atoms with E-state index in [4.69, 9.17) is 13.8 Å². The summed E-state index contributed by atoms with van der Waals surface area (Å²) in [4.78, 5) is 29.9. The van der Waals surface area contributed by atoms with E-state index >= 15 is 0 Å². The highest BCUT2D eigenvalue weighted by molar-refractivity contribution is 5.99. The monoisotopic (exact) mass is 544 g/mol. The van der Waals surface area contributed by atoms with E-state index in [2.05, 4.69) is 25.9 Å². The summed E-state index contributed by atoms with van der Waals surface area (Å²) in [5.74, 6) is -0.165. The quantitative estimate of drug-likeness (QED) is 0.299. The largest absolute Gasteiger partial charge is 0.479 e. The van der Waals surface area contributed by atoms with Gasteiger partial charge in [-0.15, -0.1) is 0 Å². The molecule has 2 N–H and O–H groups in total. The molecule has 11 nitrogen and oxygen atoms in total. The molecule has 0 atom stereocenters. The fourth-order valence-corrected chi connectivity index (χ4v) is 4.74. The molecule has 2 aromatic carbocycles. The molecule has 12 heteroatoms. The number of aromatic nitrogens is 4. The molecule has 1 aliphatic carbocycles. The molecule has 2 amide bonds. The lowest BCUT2D eigenvalue weighted by molar-refractivity contribution is -0.124. The Morgan fingerprint density at radius 1 is 1.07 bits per heavy atom. The van der Waals surface area contributed by atoms with Crippen molar-refractivity contribution in [1.29, 1.82) is 0 Å². The SMILES string of the molecule is COc1cc(C(=O)NC2(C(=O)NCc3ccc(-n4c(-c5noc(C)n5)c(C)c5cc(F)ccc54)cc3)CC2)on1. The Labute approximate surface area is 227 Å². The molecule has 5 aromatic rings. The van der Waals surface area contributed by atoms with Gasteiger partial charge in [-0.05, 0) is 66.4 Å². The standard InChI is InChI=1S/C28H25FN6O5/c1-15-20-12-18(29)6-9-21(20)35(24(15)25-31-16(2)39-34-25)19-7-4-17(5-8-19)14-30-27(37)28(10-11-28)32-26(36)22-13-23(38-3)33-40-22/h4-9,12-13H,10-11,14H2,1-3H3,(H,30,37)(H,32,36). The molecule has 0 aliphatic heterocycles. The molecule has 0 saturated heterocycles. The molecule has 0 spiro atoms. The first kappa shape index (κ1) is 25.3. The molecule has 1 saturated carbocycles. The number of fused-ring (bicyclic) bond motifs is 1. The highest BCUT2D eigenvalue weighted by atomic mass is 19.1. The highest BCUT2D eigenvalue weighted by Crippen LogP contribution is 2.37. The summed E-state index contributed by atoms with van der Waals surface area (Å²) in [6.07, 6.45) is 1.04. The van der Waals surface area contributed by atoms with E-state index < -0.39 is 11.4 Å². The zero-order chi connectivity index (χ0) is 28.0. The lowest BCUT2D eigenvalue weighted by Crippen LogP contribution is -2.48. The summed E-state index contributed by atoms with van der Waals surface area (Å²) in [7, 11) is 1.42. The van der Waals surface area contributed by atoms with Crippen LogP contribution in [0.25, 0.3) is 28.1 Å². The number of carbonyl (C=O) groups is 2. The summed E-state index contributed by atoms with van der Waals surface area (Å²) in [5.41, 5.74) is 3.02. The number of hydrogen-bond donors (Lipinski definition) is 2. The van der Waals surface area contributed by atoms with Crippen molar-refractivity contribution in [3.05, 3.63) is 77.1 Å². The third kappa shape index (κ3) is 4.46. The van der Waals surface area contributed by atoms with Gasteiger partial charge >= 0.3 is 0 Å². The predicted octanol–water partition coefficient (Wildman–Crippen LogP) is 4.01. The summed E-state index contributed by atoms with van der Waals surface area (Å²) in [6, 6.07) is 13.6. The van der Waals surface area contributed by atoms with E-state index in [1.54, 1.807) is 13.0 Å². The van der Waals surface area contributed by atoms with Crippen LogP contribution in [0, 0.1) is 19.7 Å². The van der Waals surface area contributed by atoms with Crippen LogP contribution in [-0.4, -0.2) is 44.3 Å². The van der Waals surface area contributed by atoms with Crippen molar-refractivity contribution in [2.75, 3.05) is 7.11 Å². The third-order valence-electron chi connectivity index (χ3n) is 7.03. The Kier molecular flexibility index (Phi) is 6.09. The van der Waals surface area contributed by atoms with Gasteiger partial charge in [0.2, 0.25) is 23.4 Å². The van der Waals surface area contributed by atoms with Crippen molar-refractivity contribution in [1.82, 2.24) is 30.5 Å². The van der Waals surface area contributed by atoms with Gasteiger partial charge < -0.3 is 29.0 Å². The van der Waals surface area contributed by atoms with Crippen LogP contribution in [0.15, 0.2) is 57.6 Å². The molecule has 1 aliphatic rings. The van der Waals surface area contributed by atoms with Gasteiger partial charge in [-0.3, -0.25) is 9.59 Å². The summed E-state index contributed by atoms with van der Waals surface area (Å²) < 4.78 is 31.2. The van der Waals surface area contributed by atoms with Gasteiger partial charge in [0.25, 0.3) is 11.8 Å². The predicted molar refractivity (Wildman–Crippen MR) is 140 cm³/mol. The minimum absolute atomic E-state index is 0.0302. The van der Waals surface area contributed by atoms with E-state index in [1.165, 1.54) is 25.3 Å². The van der Waals surface area contributed by atoms with Gasteiger partial charge in [0.1, 0.15) is 11.4 Å². The molecular formula is C28H25FN6O5. The first-order valence-electron chi connectivity index (χ1n) is 12.6. The molecule has 0 bridgehead atoms. The number of nitrogens with zero attached hydrogens (tertiary/aromatic N) is 4. The summed E-state index contributed by atoms with van der Waals surface area (Å²) >= 11 is 0. The molecule has 204 valence electrons. The molecule has 1 fully saturated rings. The number of carbonyl (C=O) groups excluding carboxylic acids is 2. The van der Waals surface area contributed by atoms with Crippen LogP contribution in [-0.2, 0) is 11.3 Å². The van der Waals surface area contributed by atoms with Crippen molar-refractivity contribution in [3.63, 3.8) is 0 Å². The minimum Gasteiger partial charge on any atom is -0.479 e. The normalized spacial score (nSPS) is 13.8. The molecule has 3 aromatic heterocycles. The van der Waals surface area contributed by atoms with E-state index in [0.29, 0.717) is 30.3 Å². The fraction of sp³-hybridized carbons (Fsp3) is 0.250. The van der Waals surface area contributed by atoms with Crippen molar-refractivity contribution in [2.24, 2.45) is 0 Å². The second-order valence-electron chi connectivity index (χ2n) is 9.73. The van der Waals surface area contributed by atoms with Crippen molar-refractivity contribution in [2.45, 2.75) is 38.8 Å². The summed E-state index contributed by atoms with van der Waals surface area (Å²) in [5, 5.41) is 14.1. The number of ether oxygens (including phenoxy) is 1. The number of hydrogen-bond acceptors (Lipinski definition) is 8. The molecular weight excluding hydrogens is 519 g/mol. The van der Waals surface area contributed by atoms with Gasteiger partial charge in [0.05, 0.1) is 24.4 Å². The Morgan fingerprint density at radius 2 is 1.85 bits per heavy atom. The topological polar surface area (TPSA) is 137 Å². The number of amides is 2. The molecule has 0 unspecified atom stereocenters. The van der Waals surface area contributed by atoms with Gasteiger partial charge in [0.15, 0.2) is 0 Å². The molecule has 3 heterocycles. The highest BCUT2D eigenvalue weighted by Gasteiger charge is 2.51. The Hall–Kier alpha value is -5.00. The van der Waals surface area contributed by atoms with Crippen LogP contribution in [0.2, 0.25) is 0 Å². The number of nitrogens with one attached hydrogen (secondary N) is 2. The van der Waals surface area contributed by atoms with Gasteiger partial charge in [-0.25, -0.2) is 4.39 Å². The second kappa shape index (κ2) is 9.63. The Balaban J connectivity index is 1.20.